The fourth-order valence-electron chi connectivity index (χ4n) is 3.10. The number of benzene rings is 2. The van der Waals surface area contributed by atoms with Crippen molar-refractivity contribution in [3.63, 3.8) is 0 Å². The van der Waals surface area contributed by atoms with Crippen LogP contribution in [0.3, 0.4) is 0 Å². The van der Waals surface area contributed by atoms with Gasteiger partial charge in [-0.25, -0.2) is 0 Å². The Bertz CT molecular complexity index is 802. The third-order valence-corrected chi connectivity index (χ3v) is 4.75. The van der Waals surface area contributed by atoms with Crippen LogP contribution in [0.1, 0.15) is 26.3 Å². The van der Waals surface area contributed by atoms with Gasteiger partial charge in [0.1, 0.15) is 11.5 Å². The number of amides is 2. The molecular formula is C21H24N2O4. The Morgan fingerprint density at radius 3 is 1.63 bits per heavy atom. The molecule has 1 fully saturated rings. The quantitative estimate of drug-likeness (QED) is 0.832. The lowest BCUT2D eigenvalue weighted by atomic mass is 10.1. The van der Waals surface area contributed by atoms with Crippen molar-refractivity contribution in [1.82, 2.24) is 9.80 Å². The van der Waals surface area contributed by atoms with Gasteiger partial charge in [0.2, 0.25) is 0 Å². The third-order valence-electron chi connectivity index (χ3n) is 4.75. The average Bonchev–Trinajstić information content (AvgIpc) is 2.73. The zero-order valence-electron chi connectivity index (χ0n) is 15.9. The summed E-state index contributed by atoms with van der Waals surface area (Å²) in [6, 6.07) is 12.7. The number of piperazine rings is 1. The maximum absolute atomic E-state index is 12.8. The lowest BCUT2D eigenvalue weighted by Crippen LogP contribution is -2.50. The molecule has 0 aromatic heterocycles. The number of hydrogen-bond acceptors (Lipinski definition) is 4. The second-order valence-electron chi connectivity index (χ2n) is 6.55. The lowest BCUT2D eigenvalue weighted by molar-refractivity contribution is 0.0535. The van der Waals surface area contributed by atoms with Crippen LogP contribution in [-0.4, -0.2) is 62.0 Å². The number of methoxy groups -OCH3 is 2. The Labute approximate surface area is 159 Å². The zero-order valence-corrected chi connectivity index (χ0v) is 15.9. The largest absolute Gasteiger partial charge is 0.497 e. The van der Waals surface area contributed by atoms with E-state index in [1.165, 1.54) is 0 Å². The molecule has 27 heavy (non-hydrogen) atoms. The van der Waals surface area contributed by atoms with Crippen molar-refractivity contribution >= 4 is 11.8 Å². The van der Waals surface area contributed by atoms with E-state index in [0.717, 1.165) is 5.56 Å². The molecule has 2 amide bonds. The number of rotatable bonds is 4. The van der Waals surface area contributed by atoms with Crippen molar-refractivity contribution in [2.24, 2.45) is 0 Å². The van der Waals surface area contributed by atoms with Gasteiger partial charge in [0.25, 0.3) is 11.8 Å². The molecule has 0 N–H and O–H groups in total. The summed E-state index contributed by atoms with van der Waals surface area (Å²) in [5, 5.41) is 0. The Morgan fingerprint density at radius 1 is 0.741 bits per heavy atom. The first-order valence-electron chi connectivity index (χ1n) is 8.90. The van der Waals surface area contributed by atoms with E-state index in [2.05, 4.69) is 0 Å². The molecule has 1 heterocycles. The molecule has 0 radical (unpaired) electrons. The van der Waals surface area contributed by atoms with Crippen LogP contribution in [0, 0.1) is 6.92 Å². The summed E-state index contributed by atoms with van der Waals surface area (Å²) in [4.78, 5) is 29.0. The molecular weight excluding hydrogens is 344 g/mol. The van der Waals surface area contributed by atoms with Crippen LogP contribution < -0.4 is 9.47 Å². The predicted molar refractivity (Wildman–Crippen MR) is 103 cm³/mol. The molecule has 0 atom stereocenters. The highest BCUT2D eigenvalue weighted by Gasteiger charge is 2.26. The first-order valence-corrected chi connectivity index (χ1v) is 8.90. The number of carbonyl (C=O) groups excluding carboxylic acids is 2. The molecule has 1 aliphatic rings. The zero-order chi connectivity index (χ0) is 19.4. The predicted octanol–water partition coefficient (Wildman–Crippen LogP) is 2.61. The lowest BCUT2D eigenvalue weighted by Gasteiger charge is -2.35. The maximum Gasteiger partial charge on any atom is 0.254 e. The second-order valence-corrected chi connectivity index (χ2v) is 6.55. The molecule has 0 spiro atoms. The number of ether oxygens (including phenoxy) is 2. The van der Waals surface area contributed by atoms with E-state index in [4.69, 9.17) is 9.47 Å². The molecule has 0 unspecified atom stereocenters. The smallest absolute Gasteiger partial charge is 0.254 e. The van der Waals surface area contributed by atoms with E-state index in [9.17, 15) is 9.59 Å². The van der Waals surface area contributed by atoms with Crippen LogP contribution in [-0.2, 0) is 0 Å². The minimum atomic E-state index is -0.0883. The fourth-order valence-corrected chi connectivity index (χ4v) is 3.10. The summed E-state index contributed by atoms with van der Waals surface area (Å²) in [5.41, 5.74) is 2.32. The van der Waals surface area contributed by atoms with E-state index in [0.29, 0.717) is 48.8 Å². The van der Waals surface area contributed by atoms with E-state index in [-0.39, 0.29) is 11.8 Å². The highest BCUT2D eigenvalue weighted by Crippen LogP contribution is 2.24. The summed E-state index contributed by atoms with van der Waals surface area (Å²) in [6.45, 7) is 4.01. The van der Waals surface area contributed by atoms with Crippen molar-refractivity contribution in [3.05, 3.63) is 59.2 Å². The van der Waals surface area contributed by atoms with Crippen LogP contribution in [0.2, 0.25) is 0 Å². The van der Waals surface area contributed by atoms with Crippen LogP contribution in [0.5, 0.6) is 11.5 Å². The third kappa shape index (κ3) is 4.22. The standard InChI is InChI=1S/C21H24N2O4/c1-15-4-6-16(7-5-15)20(24)22-8-10-23(11-9-22)21(25)17-12-18(26-2)14-19(13-17)27-3/h4-7,12-14H,8-11H2,1-3H3. The topological polar surface area (TPSA) is 59.1 Å². The molecule has 1 saturated heterocycles. The van der Waals surface area contributed by atoms with Gasteiger partial charge in [0.15, 0.2) is 0 Å². The molecule has 0 saturated carbocycles. The van der Waals surface area contributed by atoms with Gasteiger partial charge in [-0.1, -0.05) is 17.7 Å². The minimum Gasteiger partial charge on any atom is -0.497 e. The summed E-state index contributed by atoms with van der Waals surface area (Å²) in [5.74, 6) is 1.07. The first-order chi connectivity index (χ1) is 13.0. The van der Waals surface area contributed by atoms with E-state index >= 15 is 0 Å². The summed E-state index contributed by atoms with van der Waals surface area (Å²) < 4.78 is 10.5. The van der Waals surface area contributed by atoms with Gasteiger partial charge in [-0.2, -0.15) is 0 Å². The SMILES string of the molecule is COc1cc(OC)cc(C(=O)N2CCN(C(=O)c3ccc(C)cc3)CC2)c1. The van der Waals surface area contributed by atoms with Crippen molar-refractivity contribution in [3.8, 4) is 11.5 Å². The molecule has 1 aliphatic heterocycles. The van der Waals surface area contributed by atoms with Gasteiger partial charge in [-0.3, -0.25) is 9.59 Å². The van der Waals surface area contributed by atoms with Crippen molar-refractivity contribution < 1.29 is 19.1 Å². The maximum atomic E-state index is 12.8. The molecule has 3 rings (SSSR count). The van der Waals surface area contributed by atoms with E-state index < -0.39 is 0 Å². The molecule has 0 aliphatic carbocycles. The first kappa shape index (κ1) is 18.8. The highest BCUT2D eigenvalue weighted by molar-refractivity contribution is 5.96. The Morgan fingerprint density at radius 2 is 1.19 bits per heavy atom. The minimum absolute atomic E-state index is 0.00477. The van der Waals surface area contributed by atoms with Gasteiger partial charge in [0.05, 0.1) is 14.2 Å². The Balaban J connectivity index is 1.66. The molecule has 2 aromatic carbocycles. The van der Waals surface area contributed by atoms with E-state index in [1.807, 2.05) is 31.2 Å². The average molecular weight is 368 g/mol. The normalized spacial score (nSPS) is 14.0. The van der Waals surface area contributed by atoms with Gasteiger partial charge >= 0.3 is 0 Å². The fraction of sp³-hybridized carbons (Fsp3) is 0.333. The van der Waals surface area contributed by atoms with Crippen LogP contribution >= 0.6 is 0 Å². The van der Waals surface area contributed by atoms with Crippen LogP contribution in [0.4, 0.5) is 0 Å². The van der Waals surface area contributed by atoms with Gasteiger partial charge < -0.3 is 19.3 Å². The molecule has 142 valence electrons. The number of hydrogen-bond donors (Lipinski definition) is 0. The number of carbonyl (C=O) groups is 2. The molecule has 6 heteroatoms. The molecule has 6 nitrogen and oxygen atoms in total. The van der Waals surface area contributed by atoms with Crippen molar-refractivity contribution in [2.75, 3.05) is 40.4 Å². The number of aryl methyl sites for hydroxylation is 1. The number of nitrogens with zero attached hydrogens (tertiary/aromatic N) is 2. The summed E-state index contributed by atoms with van der Waals surface area (Å²) in [7, 11) is 3.11. The van der Waals surface area contributed by atoms with Gasteiger partial charge in [-0.15, -0.1) is 0 Å². The van der Waals surface area contributed by atoms with Gasteiger partial charge in [-0.05, 0) is 31.2 Å². The molecule has 2 aromatic rings. The van der Waals surface area contributed by atoms with Crippen LogP contribution in [0.25, 0.3) is 0 Å². The summed E-state index contributed by atoms with van der Waals surface area (Å²) >= 11 is 0. The molecule has 0 bridgehead atoms. The van der Waals surface area contributed by atoms with Crippen molar-refractivity contribution in [1.29, 1.82) is 0 Å². The highest BCUT2D eigenvalue weighted by atomic mass is 16.5. The Kier molecular flexibility index (Phi) is 5.64. The second kappa shape index (κ2) is 8.12. The van der Waals surface area contributed by atoms with Crippen molar-refractivity contribution in [2.45, 2.75) is 6.92 Å². The van der Waals surface area contributed by atoms with Gasteiger partial charge in [0, 0.05) is 43.4 Å². The summed E-state index contributed by atoms with van der Waals surface area (Å²) in [6.07, 6.45) is 0. The van der Waals surface area contributed by atoms with Crippen LogP contribution in [0.15, 0.2) is 42.5 Å². The van der Waals surface area contributed by atoms with E-state index in [1.54, 1.807) is 42.2 Å². The monoisotopic (exact) mass is 368 g/mol. The Hall–Kier alpha value is -3.02.